The molecule has 310 valence electrons. The second-order valence-corrected chi connectivity index (χ2v) is 18.5. The third-order valence-electron chi connectivity index (χ3n) is 15.5. The summed E-state index contributed by atoms with van der Waals surface area (Å²) in [6.45, 7) is 0. The number of rotatable bonds is 5. The van der Waals surface area contributed by atoms with E-state index in [-0.39, 0.29) is 0 Å². The molecule has 1 spiro atoms. The standard InChI is InChI=1S/C65H45N/c1-4-21-44(22-5-1)64(45-23-6-2-7-24-45)55-32-15-12-28-51(55)52-41-39-46(42-60(52)64)66(61-36-18-30-48-47-25-11-10-20-43(47)38-40-53(48)61)62-37-19-35-59-63(62)54-29-14-17-34-58(54)65(59)56-31-9-3-8-26-49(56)50-27-13-16-33-57(50)65/h1-2,4-7,9-25,27-42H,3,8,26H2. The van der Waals surface area contributed by atoms with Crippen molar-refractivity contribution in [2.75, 3.05) is 4.90 Å². The summed E-state index contributed by atoms with van der Waals surface area (Å²) in [7, 11) is 0. The topological polar surface area (TPSA) is 3.24 Å². The van der Waals surface area contributed by atoms with Crippen LogP contribution in [-0.4, -0.2) is 0 Å². The molecular formula is C65H45N. The van der Waals surface area contributed by atoms with Crippen molar-refractivity contribution < 1.29 is 0 Å². The first-order valence-corrected chi connectivity index (χ1v) is 23.6. The fourth-order valence-electron chi connectivity index (χ4n) is 13.0. The molecule has 0 radical (unpaired) electrons. The Morgan fingerprint density at radius 2 is 0.970 bits per heavy atom. The Kier molecular flexibility index (Phi) is 8.07. The zero-order chi connectivity index (χ0) is 43.4. The molecule has 10 aromatic rings. The zero-order valence-corrected chi connectivity index (χ0v) is 36.6. The van der Waals surface area contributed by atoms with Crippen LogP contribution in [0.5, 0.6) is 0 Å². The predicted molar refractivity (Wildman–Crippen MR) is 275 cm³/mol. The number of hydrogen-bond donors (Lipinski definition) is 0. The molecule has 1 atom stereocenters. The van der Waals surface area contributed by atoms with Crippen LogP contribution in [0, 0.1) is 0 Å². The Bertz CT molecular complexity index is 3650. The lowest BCUT2D eigenvalue weighted by molar-refractivity contribution is 0.768. The molecule has 0 amide bonds. The Hall–Kier alpha value is -8.00. The number of hydrogen-bond acceptors (Lipinski definition) is 1. The van der Waals surface area contributed by atoms with Crippen LogP contribution in [0.25, 0.3) is 49.4 Å². The van der Waals surface area contributed by atoms with E-state index in [2.05, 4.69) is 242 Å². The Balaban J connectivity index is 1.10. The van der Waals surface area contributed by atoms with E-state index >= 15 is 0 Å². The maximum Gasteiger partial charge on any atom is 0.0722 e. The van der Waals surface area contributed by atoms with Gasteiger partial charge in [0, 0.05) is 16.6 Å². The molecule has 0 bridgehead atoms. The average molecular weight is 840 g/mol. The summed E-state index contributed by atoms with van der Waals surface area (Å²) in [6.07, 6.45) is 8.25. The highest BCUT2D eigenvalue weighted by Gasteiger charge is 2.53. The lowest BCUT2D eigenvalue weighted by Gasteiger charge is -2.35. The Morgan fingerprint density at radius 1 is 0.379 bits per heavy atom. The number of allylic oxidation sites excluding steroid dienone is 4. The van der Waals surface area contributed by atoms with Gasteiger partial charge in [-0.3, -0.25) is 0 Å². The van der Waals surface area contributed by atoms with Gasteiger partial charge < -0.3 is 4.90 Å². The number of benzene rings is 10. The van der Waals surface area contributed by atoms with E-state index in [4.69, 9.17) is 0 Å². The quantitative estimate of drug-likeness (QED) is 0.156. The van der Waals surface area contributed by atoms with Crippen molar-refractivity contribution in [1.29, 1.82) is 0 Å². The SMILES string of the molecule is C1=CC2=C(CCC1)c1ccccc1C21c2ccccc2-c2c(N(c3ccc4c(c3)C(c3ccccc3)(c3ccccc3)c3ccccc3-4)c3cccc4c3ccc3ccccc34)cccc21. The molecule has 1 unspecified atom stereocenters. The van der Waals surface area contributed by atoms with Crippen molar-refractivity contribution in [2.24, 2.45) is 0 Å². The molecule has 0 fully saturated rings. The zero-order valence-electron chi connectivity index (χ0n) is 36.6. The molecule has 4 aliphatic rings. The van der Waals surface area contributed by atoms with Crippen molar-refractivity contribution in [1.82, 2.24) is 0 Å². The number of fused-ring (bicyclic) bond motifs is 15. The van der Waals surface area contributed by atoms with Gasteiger partial charge >= 0.3 is 0 Å². The van der Waals surface area contributed by atoms with Crippen LogP contribution in [0.2, 0.25) is 0 Å². The summed E-state index contributed by atoms with van der Waals surface area (Å²) in [5.41, 5.74) is 21.3. The van der Waals surface area contributed by atoms with E-state index in [0.29, 0.717) is 0 Å². The number of nitrogens with zero attached hydrogens (tertiary/aromatic N) is 1. The highest BCUT2D eigenvalue weighted by atomic mass is 15.1. The van der Waals surface area contributed by atoms with Crippen molar-refractivity contribution in [3.05, 3.63) is 287 Å². The van der Waals surface area contributed by atoms with E-state index in [1.165, 1.54) is 105 Å². The molecule has 0 heterocycles. The summed E-state index contributed by atoms with van der Waals surface area (Å²) < 4.78 is 0. The molecule has 10 aromatic carbocycles. The van der Waals surface area contributed by atoms with Crippen LogP contribution < -0.4 is 4.90 Å². The smallest absolute Gasteiger partial charge is 0.0722 e. The van der Waals surface area contributed by atoms with Gasteiger partial charge in [-0.15, -0.1) is 0 Å². The third-order valence-corrected chi connectivity index (χ3v) is 15.5. The molecule has 66 heavy (non-hydrogen) atoms. The Labute approximate surface area is 386 Å². The molecule has 1 nitrogen and oxygen atoms in total. The summed E-state index contributed by atoms with van der Waals surface area (Å²) in [5, 5.41) is 4.98. The van der Waals surface area contributed by atoms with Crippen LogP contribution in [-0.2, 0) is 10.8 Å². The normalized spacial score (nSPS) is 17.0. The minimum absolute atomic E-state index is 0.426. The molecule has 14 rings (SSSR count). The van der Waals surface area contributed by atoms with Gasteiger partial charge in [0.1, 0.15) is 0 Å². The first-order chi connectivity index (χ1) is 32.8. The lowest BCUT2D eigenvalue weighted by Crippen LogP contribution is -2.28. The monoisotopic (exact) mass is 839 g/mol. The molecule has 0 aromatic heterocycles. The van der Waals surface area contributed by atoms with E-state index in [9.17, 15) is 0 Å². The van der Waals surface area contributed by atoms with Crippen molar-refractivity contribution in [3.63, 3.8) is 0 Å². The summed E-state index contributed by atoms with van der Waals surface area (Å²) in [6, 6.07) is 84.9. The molecule has 1 heteroatoms. The molecule has 0 aliphatic heterocycles. The fourth-order valence-corrected chi connectivity index (χ4v) is 13.0. The summed E-state index contributed by atoms with van der Waals surface area (Å²) in [5.74, 6) is 0. The van der Waals surface area contributed by atoms with Gasteiger partial charge in [0.2, 0.25) is 0 Å². The largest absolute Gasteiger partial charge is 0.309 e. The van der Waals surface area contributed by atoms with Gasteiger partial charge in [0.05, 0.1) is 22.2 Å². The highest BCUT2D eigenvalue weighted by molar-refractivity contribution is 6.14. The van der Waals surface area contributed by atoms with Gasteiger partial charge in [0.15, 0.2) is 0 Å². The first-order valence-electron chi connectivity index (χ1n) is 23.6. The van der Waals surface area contributed by atoms with Crippen molar-refractivity contribution in [3.8, 4) is 22.3 Å². The number of anilines is 3. The molecular weight excluding hydrogens is 795 g/mol. The van der Waals surface area contributed by atoms with Crippen molar-refractivity contribution >= 4 is 44.2 Å². The molecule has 4 aliphatic carbocycles. The van der Waals surface area contributed by atoms with Crippen LogP contribution in [0.15, 0.2) is 242 Å². The second-order valence-electron chi connectivity index (χ2n) is 18.5. The first kappa shape index (κ1) is 37.4. The van der Waals surface area contributed by atoms with Gasteiger partial charge in [0.25, 0.3) is 0 Å². The van der Waals surface area contributed by atoms with E-state index < -0.39 is 10.8 Å². The van der Waals surface area contributed by atoms with Crippen LogP contribution in [0.1, 0.15) is 63.8 Å². The second kappa shape index (κ2) is 14.3. The fraction of sp³-hybridized carbons (Fsp3) is 0.0769. The van der Waals surface area contributed by atoms with Gasteiger partial charge in [-0.1, -0.05) is 212 Å². The summed E-state index contributed by atoms with van der Waals surface area (Å²) >= 11 is 0. The minimum Gasteiger partial charge on any atom is -0.309 e. The maximum atomic E-state index is 2.61. The van der Waals surface area contributed by atoms with Gasteiger partial charge in [-0.05, 0) is 132 Å². The van der Waals surface area contributed by atoms with Crippen LogP contribution in [0.3, 0.4) is 0 Å². The molecule has 0 saturated heterocycles. The summed E-state index contributed by atoms with van der Waals surface area (Å²) in [4.78, 5) is 2.61. The molecule has 0 saturated carbocycles. The molecule has 0 N–H and O–H groups in total. The van der Waals surface area contributed by atoms with Crippen LogP contribution in [0.4, 0.5) is 17.1 Å². The predicted octanol–water partition coefficient (Wildman–Crippen LogP) is 16.6. The average Bonchev–Trinajstić information content (AvgIpc) is 3.86. The minimum atomic E-state index is -0.539. The van der Waals surface area contributed by atoms with E-state index in [0.717, 1.165) is 30.6 Å². The highest BCUT2D eigenvalue weighted by Crippen LogP contribution is 2.65. The van der Waals surface area contributed by atoms with E-state index in [1.807, 2.05) is 0 Å². The van der Waals surface area contributed by atoms with Gasteiger partial charge in [-0.2, -0.15) is 0 Å². The van der Waals surface area contributed by atoms with E-state index in [1.54, 1.807) is 0 Å². The maximum absolute atomic E-state index is 2.61. The Morgan fingerprint density at radius 3 is 1.76 bits per heavy atom. The van der Waals surface area contributed by atoms with Crippen LogP contribution >= 0.6 is 0 Å². The van der Waals surface area contributed by atoms with Gasteiger partial charge in [-0.25, -0.2) is 0 Å². The lowest BCUT2D eigenvalue weighted by atomic mass is 9.67. The van der Waals surface area contributed by atoms with Crippen molar-refractivity contribution in [2.45, 2.75) is 30.1 Å². The third kappa shape index (κ3) is 4.90.